The zero-order chi connectivity index (χ0) is 14.3. The first-order chi connectivity index (χ1) is 10.4. The maximum atomic E-state index is 4.27. The first-order valence-electron chi connectivity index (χ1n) is 7.60. The quantitative estimate of drug-likeness (QED) is 0.600. The number of aromatic amines is 1. The van der Waals surface area contributed by atoms with Gasteiger partial charge in [-0.2, -0.15) is 5.10 Å². The summed E-state index contributed by atoms with van der Waals surface area (Å²) in [5.41, 5.74) is 1.27. The van der Waals surface area contributed by atoms with Crippen molar-refractivity contribution in [2.24, 2.45) is 0 Å². The predicted octanol–water partition coefficient (Wildman–Crippen LogP) is 3.73. The Morgan fingerprint density at radius 1 is 1.29 bits per heavy atom. The van der Waals surface area contributed by atoms with E-state index < -0.39 is 0 Å². The molecule has 0 aliphatic heterocycles. The molecule has 3 rings (SSSR count). The van der Waals surface area contributed by atoms with Crippen LogP contribution in [0.25, 0.3) is 0 Å². The molecule has 7 heteroatoms. The van der Waals surface area contributed by atoms with Crippen molar-refractivity contribution in [3.05, 3.63) is 18.0 Å². The Morgan fingerprint density at radius 2 is 2.19 bits per heavy atom. The number of hydrogen-bond donors (Lipinski definition) is 2. The van der Waals surface area contributed by atoms with E-state index in [4.69, 9.17) is 0 Å². The van der Waals surface area contributed by atoms with Crippen molar-refractivity contribution < 1.29 is 0 Å². The molecule has 0 atom stereocenters. The van der Waals surface area contributed by atoms with E-state index in [2.05, 4.69) is 25.7 Å². The van der Waals surface area contributed by atoms with Crippen molar-refractivity contribution in [3.63, 3.8) is 0 Å². The molecule has 1 saturated carbocycles. The van der Waals surface area contributed by atoms with Crippen LogP contribution in [0.15, 0.2) is 16.7 Å². The van der Waals surface area contributed by atoms with E-state index in [9.17, 15) is 0 Å². The zero-order valence-corrected chi connectivity index (χ0v) is 13.7. The Labute approximate surface area is 133 Å². The van der Waals surface area contributed by atoms with Gasteiger partial charge in [0.2, 0.25) is 5.13 Å². The standard InChI is InChI=1S/C14H21N5S2/c1-2-6-12(7-3-1)17-13-18-19-14(21-13)20-8-4-5-11-9-15-16-10-11/h9-10,12H,1-8H2,(H,15,16)(H,17,18). The van der Waals surface area contributed by atoms with Crippen molar-refractivity contribution in [3.8, 4) is 0 Å². The van der Waals surface area contributed by atoms with Gasteiger partial charge >= 0.3 is 0 Å². The van der Waals surface area contributed by atoms with Gasteiger partial charge in [0, 0.05) is 18.0 Å². The second-order valence-corrected chi connectivity index (χ2v) is 7.73. The van der Waals surface area contributed by atoms with E-state index >= 15 is 0 Å². The van der Waals surface area contributed by atoms with E-state index in [-0.39, 0.29) is 0 Å². The number of H-pyrrole nitrogens is 1. The van der Waals surface area contributed by atoms with Gasteiger partial charge in [-0.15, -0.1) is 10.2 Å². The van der Waals surface area contributed by atoms with Gasteiger partial charge in [-0.25, -0.2) is 0 Å². The average Bonchev–Trinajstić information content (AvgIpc) is 3.17. The first kappa shape index (κ1) is 14.8. The van der Waals surface area contributed by atoms with Crippen LogP contribution in [0, 0.1) is 0 Å². The molecule has 21 heavy (non-hydrogen) atoms. The monoisotopic (exact) mass is 323 g/mol. The van der Waals surface area contributed by atoms with E-state index in [0.29, 0.717) is 6.04 Å². The number of nitrogens with one attached hydrogen (secondary N) is 2. The number of aromatic nitrogens is 4. The minimum atomic E-state index is 0.602. The summed E-state index contributed by atoms with van der Waals surface area (Å²) in [5.74, 6) is 1.07. The summed E-state index contributed by atoms with van der Waals surface area (Å²) < 4.78 is 1.07. The maximum Gasteiger partial charge on any atom is 0.206 e. The van der Waals surface area contributed by atoms with Crippen LogP contribution >= 0.6 is 23.1 Å². The molecule has 0 aromatic carbocycles. The third-order valence-corrected chi connectivity index (χ3v) is 5.80. The molecule has 1 aliphatic carbocycles. The van der Waals surface area contributed by atoms with E-state index in [1.807, 2.05) is 12.4 Å². The molecular formula is C14H21N5S2. The zero-order valence-electron chi connectivity index (χ0n) is 12.0. The lowest BCUT2D eigenvalue weighted by Gasteiger charge is -2.21. The highest BCUT2D eigenvalue weighted by Crippen LogP contribution is 2.28. The summed E-state index contributed by atoms with van der Waals surface area (Å²) in [7, 11) is 0. The van der Waals surface area contributed by atoms with E-state index in [1.165, 1.54) is 37.7 Å². The van der Waals surface area contributed by atoms with Gasteiger partial charge in [0.25, 0.3) is 0 Å². The lowest BCUT2D eigenvalue weighted by atomic mass is 9.96. The van der Waals surface area contributed by atoms with Crippen molar-refractivity contribution in [2.45, 2.75) is 55.3 Å². The fraction of sp³-hybridized carbons (Fsp3) is 0.643. The van der Waals surface area contributed by atoms with Crippen LogP contribution in [-0.2, 0) is 6.42 Å². The molecule has 2 aromatic heterocycles. The van der Waals surface area contributed by atoms with Crippen molar-refractivity contribution in [1.82, 2.24) is 20.4 Å². The summed E-state index contributed by atoms with van der Waals surface area (Å²) in [5, 5.41) is 19.8. The fourth-order valence-electron chi connectivity index (χ4n) is 2.60. The number of rotatable bonds is 7. The van der Waals surface area contributed by atoms with Gasteiger partial charge in [0.05, 0.1) is 6.20 Å². The van der Waals surface area contributed by atoms with Gasteiger partial charge < -0.3 is 5.32 Å². The van der Waals surface area contributed by atoms with Crippen LogP contribution in [-0.4, -0.2) is 32.2 Å². The van der Waals surface area contributed by atoms with Gasteiger partial charge in [0.1, 0.15) is 0 Å². The Kier molecular flexibility index (Phi) is 5.51. The van der Waals surface area contributed by atoms with Crippen LogP contribution in [0.4, 0.5) is 5.13 Å². The molecule has 2 heterocycles. The highest BCUT2D eigenvalue weighted by Gasteiger charge is 2.15. The number of anilines is 1. The van der Waals surface area contributed by atoms with Crippen LogP contribution < -0.4 is 5.32 Å². The van der Waals surface area contributed by atoms with Gasteiger partial charge in [-0.3, -0.25) is 5.10 Å². The summed E-state index contributed by atoms with van der Waals surface area (Å²) in [6.07, 6.45) is 12.7. The minimum Gasteiger partial charge on any atom is -0.357 e. The smallest absolute Gasteiger partial charge is 0.206 e. The third kappa shape index (κ3) is 4.71. The first-order valence-corrected chi connectivity index (χ1v) is 9.41. The number of hydrogen-bond acceptors (Lipinski definition) is 6. The van der Waals surface area contributed by atoms with Crippen molar-refractivity contribution >= 4 is 28.2 Å². The largest absolute Gasteiger partial charge is 0.357 e. The van der Waals surface area contributed by atoms with Gasteiger partial charge in [-0.05, 0) is 31.2 Å². The SMILES string of the molecule is c1n[nH]cc1CCCSc1nnc(NC2CCCCC2)s1. The lowest BCUT2D eigenvalue weighted by molar-refractivity contribution is 0.462. The normalized spacial score (nSPS) is 16.2. The molecule has 0 unspecified atom stereocenters. The minimum absolute atomic E-state index is 0.602. The van der Waals surface area contributed by atoms with Gasteiger partial charge in [0.15, 0.2) is 4.34 Å². The molecule has 1 fully saturated rings. The summed E-state index contributed by atoms with van der Waals surface area (Å²) >= 11 is 3.48. The van der Waals surface area contributed by atoms with Crippen LogP contribution in [0.2, 0.25) is 0 Å². The Bertz CT molecular complexity index is 519. The molecule has 2 aromatic rings. The molecule has 5 nitrogen and oxygen atoms in total. The predicted molar refractivity (Wildman–Crippen MR) is 88.0 cm³/mol. The molecule has 114 valence electrons. The molecule has 0 saturated heterocycles. The molecule has 1 aliphatic rings. The lowest BCUT2D eigenvalue weighted by Crippen LogP contribution is -2.21. The number of aryl methyl sites for hydroxylation is 1. The Hall–Kier alpha value is -1.08. The molecule has 0 radical (unpaired) electrons. The van der Waals surface area contributed by atoms with Crippen LogP contribution in [0.1, 0.15) is 44.1 Å². The third-order valence-electron chi connectivity index (χ3n) is 3.73. The highest BCUT2D eigenvalue weighted by molar-refractivity contribution is 8.01. The number of nitrogens with zero attached hydrogens (tertiary/aromatic N) is 3. The Morgan fingerprint density at radius 3 is 3.00 bits per heavy atom. The molecular weight excluding hydrogens is 302 g/mol. The molecule has 0 bridgehead atoms. The topological polar surface area (TPSA) is 66.5 Å². The highest BCUT2D eigenvalue weighted by atomic mass is 32.2. The molecule has 0 amide bonds. The summed E-state index contributed by atoms with van der Waals surface area (Å²) in [6.45, 7) is 0. The maximum absolute atomic E-state index is 4.27. The van der Waals surface area contributed by atoms with Crippen LogP contribution in [0.3, 0.4) is 0 Å². The summed E-state index contributed by atoms with van der Waals surface area (Å²) in [6, 6.07) is 0.602. The molecule has 2 N–H and O–H groups in total. The number of thioether (sulfide) groups is 1. The van der Waals surface area contributed by atoms with Crippen molar-refractivity contribution in [1.29, 1.82) is 0 Å². The average molecular weight is 323 g/mol. The summed E-state index contributed by atoms with van der Waals surface area (Å²) in [4.78, 5) is 0. The second-order valence-electron chi connectivity index (χ2n) is 5.41. The Balaban J connectivity index is 1.38. The molecule has 0 spiro atoms. The van der Waals surface area contributed by atoms with Crippen molar-refractivity contribution in [2.75, 3.05) is 11.1 Å². The van der Waals surface area contributed by atoms with E-state index in [1.54, 1.807) is 23.1 Å². The van der Waals surface area contributed by atoms with Gasteiger partial charge in [-0.1, -0.05) is 42.4 Å². The van der Waals surface area contributed by atoms with Crippen LogP contribution in [0.5, 0.6) is 0 Å². The fourth-order valence-corrected chi connectivity index (χ4v) is 4.44. The second kappa shape index (κ2) is 7.79. The van der Waals surface area contributed by atoms with E-state index in [0.717, 1.165) is 28.1 Å².